The molecule has 0 fully saturated rings. The Morgan fingerprint density at radius 1 is 1.39 bits per heavy atom. The first-order chi connectivity index (χ1) is 10.7. The van der Waals surface area contributed by atoms with Crippen molar-refractivity contribution in [3.05, 3.63) is 41.5 Å². The van der Waals surface area contributed by atoms with Crippen molar-refractivity contribution < 1.29 is 14.6 Å². The summed E-state index contributed by atoms with van der Waals surface area (Å²) in [6.45, 7) is 10.9. The summed E-state index contributed by atoms with van der Waals surface area (Å²) < 4.78 is 5.62. The lowest BCUT2D eigenvalue weighted by atomic mass is 9.87. The van der Waals surface area contributed by atoms with E-state index in [9.17, 15) is 9.90 Å². The molecule has 1 aromatic rings. The monoisotopic (exact) mass is 319 g/mol. The first-order valence-corrected chi connectivity index (χ1v) is 8.02. The van der Waals surface area contributed by atoms with Crippen molar-refractivity contribution >= 4 is 5.91 Å². The van der Waals surface area contributed by atoms with E-state index in [0.29, 0.717) is 30.9 Å². The van der Waals surface area contributed by atoms with Gasteiger partial charge in [-0.3, -0.25) is 4.79 Å². The van der Waals surface area contributed by atoms with E-state index in [1.165, 1.54) is 5.57 Å². The fourth-order valence-electron chi connectivity index (χ4n) is 2.33. The van der Waals surface area contributed by atoms with E-state index in [1.54, 1.807) is 19.1 Å². The number of carbonyl (C=O) groups excluding carboxylic acids is 1. The van der Waals surface area contributed by atoms with Crippen molar-refractivity contribution in [1.29, 1.82) is 0 Å². The fourth-order valence-corrected chi connectivity index (χ4v) is 2.33. The highest BCUT2D eigenvalue weighted by molar-refractivity contribution is 5.94. The highest BCUT2D eigenvalue weighted by Gasteiger charge is 2.21. The minimum Gasteiger partial charge on any atom is -0.490 e. The zero-order valence-corrected chi connectivity index (χ0v) is 14.8. The number of carbonyl (C=O) groups is 1. The summed E-state index contributed by atoms with van der Waals surface area (Å²) in [6.07, 6.45) is 2.25. The maximum absolute atomic E-state index is 12.3. The Bertz CT molecular complexity index is 543. The molecule has 0 aliphatic heterocycles. The molecule has 23 heavy (non-hydrogen) atoms. The molecule has 0 aliphatic carbocycles. The third kappa shape index (κ3) is 7.84. The van der Waals surface area contributed by atoms with Crippen LogP contribution >= 0.6 is 0 Å². The molecule has 4 nitrogen and oxygen atoms in total. The van der Waals surface area contributed by atoms with Gasteiger partial charge in [-0.1, -0.05) is 25.5 Å². The van der Waals surface area contributed by atoms with Crippen molar-refractivity contribution in [1.82, 2.24) is 5.32 Å². The standard InChI is InChI=1S/C19H29NO3/c1-14(2)9-10-23-17-8-6-7-16(11-17)18(22)20-13-19(4,5)12-15(3)21/h6-9,11,15,21H,10,12-13H2,1-5H3,(H,20,22). The average Bonchev–Trinajstić information content (AvgIpc) is 2.43. The molecule has 1 aromatic carbocycles. The first kappa shape index (κ1) is 19.2. The van der Waals surface area contributed by atoms with E-state index in [2.05, 4.69) is 5.32 Å². The number of ether oxygens (including phenoxy) is 1. The van der Waals surface area contributed by atoms with Gasteiger partial charge >= 0.3 is 0 Å². The molecular weight excluding hydrogens is 290 g/mol. The van der Waals surface area contributed by atoms with Crippen LogP contribution in [0.1, 0.15) is 51.4 Å². The molecule has 0 radical (unpaired) electrons. The van der Waals surface area contributed by atoms with Gasteiger partial charge in [-0.05, 0) is 56.9 Å². The van der Waals surface area contributed by atoms with E-state index in [4.69, 9.17) is 4.74 Å². The van der Waals surface area contributed by atoms with Crippen molar-refractivity contribution in [2.24, 2.45) is 5.41 Å². The van der Waals surface area contributed by atoms with E-state index in [-0.39, 0.29) is 17.4 Å². The lowest BCUT2D eigenvalue weighted by molar-refractivity contribution is 0.0901. The third-order valence-electron chi connectivity index (χ3n) is 3.41. The summed E-state index contributed by atoms with van der Waals surface area (Å²) in [4.78, 5) is 12.3. The summed E-state index contributed by atoms with van der Waals surface area (Å²) in [5, 5.41) is 12.4. The van der Waals surface area contributed by atoms with Gasteiger partial charge in [0.05, 0.1) is 6.10 Å². The average molecular weight is 319 g/mol. The molecule has 1 rings (SSSR count). The summed E-state index contributed by atoms with van der Waals surface area (Å²) in [6, 6.07) is 7.17. The molecule has 0 saturated heterocycles. The second-order valence-corrected chi connectivity index (χ2v) is 7.02. The molecular formula is C19H29NO3. The Morgan fingerprint density at radius 3 is 2.70 bits per heavy atom. The number of benzene rings is 1. The Kier molecular flexibility index (Phi) is 7.30. The van der Waals surface area contributed by atoms with E-state index >= 15 is 0 Å². The maximum atomic E-state index is 12.3. The molecule has 0 aromatic heterocycles. The predicted molar refractivity (Wildman–Crippen MR) is 93.8 cm³/mol. The van der Waals surface area contributed by atoms with E-state index in [1.807, 2.05) is 45.9 Å². The largest absolute Gasteiger partial charge is 0.490 e. The van der Waals surface area contributed by atoms with Gasteiger partial charge in [0.2, 0.25) is 0 Å². The quantitative estimate of drug-likeness (QED) is 0.720. The number of amides is 1. The molecule has 0 saturated carbocycles. The highest BCUT2D eigenvalue weighted by atomic mass is 16.5. The summed E-state index contributed by atoms with van der Waals surface area (Å²) in [5.41, 5.74) is 1.62. The van der Waals surface area contributed by atoms with Crippen LogP contribution in [0.3, 0.4) is 0 Å². The van der Waals surface area contributed by atoms with Crippen LogP contribution < -0.4 is 10.1 Å². The highest BCUT2D eigenvalue weighted by Crippen LogP contribution is 2.21. The zero-order valence-electron chi connectivity index (χ0n) is 14.8. The van der Waals surface area contributed by atoms with Gasteiger partial charge in [0.15, 0.2) is 0 Å². The molecule has 0 bridgehead atoms. The molecule has 0 heterocycles. The molecule has 1 amide bonds. The van der Waals surface area contributed by atoms with Crippen molar-refractivity contribution in [3.63, 3.8) is 0 Å². The number of hydrogen-bond acceptors (Lipinski definition) is 3. The smallest absolute Gasteiger partial charge is 0.251 e. The number of aliphatic hydroxyl groups excluding tert-OH is 1. The summed E-state index contributed by atoms with van der Waals surface area (Å²) >= 11 is 0. The van der Waals surface area contributed by atoms with Gasteiger partial charge in [0.1, 0.15) is 12.4 Å². The Hall–Kier alpha value is -1.81. The van der Waals surface area contributed by atoms with Crippen LogP contribution in [0.15, 0.2) is 35.9 Å². The normalized spacial score (nSPS) is 12.4. The number of hydrogen-bond donors (Lipinski definition) is 2. The number of rotatable bonds is 8. The zero-order chi connectivity index (χ0) is 17.5. The van der Waals surface area contributed by atoms with Gasteiger partial charge in [0.25, 0.3) is 5.91 Å². The van der Waals surface area contributed by atoms with E-state index in [0.717, 1.165) is 0 Å². The molecule has 2 N–H and O–H groups in total. The van der Waals surface area contributed by atoms with Crippen molar-refractivity contribution in [2.45, 2.75) is 47.1 Å². The SMILES string of the molecule is CC(C)=CCOc1cccc(C(=O)NCC(C)(C)CC(C)O)c1. The second kappa shape index (κ2) is 8.73. The van der Waals surface area contributed by atoms with E-state index < -0.39 is 0 Å². The molecule has 1 atom stereocenters. The number of aliphatic hydroxyl groups is 1. The Balaban J connectivity index is 2.61. The maximum Gasteiger partial charge on any atom is 0.251 e. The van der Waals surface area contributed by atoms with Gasteiger partial charge in [-0.15, -0.1) is 0 Å². The molecule has 1 unspecified atom stereocenters. The molecule has 128 valence electrons. The Labute approximate surface area is 139 Å². The van der Waals surface area contributed by atoms with Crippen molar-refractivity contribution in [2.75, 3.05) is 13.2 Å². The topological polar surface area (TPSA) is 58.6 Å². The van der Waals surface area contributed by atoms with Gasteiger partial charge in [0, 0.05) is 12.1 Å². The van der Waals surface area contributed by atoms with Crippen LogP contribution in [0.4, 0.5) is 0 Å². The van der Waals surface area contributed by atoms with Gasteiger partial charge < -0.3 is 15.2 Å². The van der Waals surface area contributed by atoms with Crippen LogP contribution in [0.25, 0.3) is 0 Å². The van der Waals surface area contributed by atoms with Crippen LogP contribution in [-0.4, -0.2) is 30.3 Å². The summed E-state index contributed by atoms with van der Waals surface area (Å²) in [7, 11) is 0. The fraction of sp³-hybridized carbons (Fsp3) is 0.526. The lowest BCUT2D eigenvalue weighted by Crippen LogP contribution is -2.35. The van der Waals surface area contributed by atoms with Crippen LogP contribution in [0, 0.1) is 5.41 Å². The van der Waals surface area contributed by atoms with Crippen molar-refractivity contribution in [3.8, 4) is 5.75 Å². The second-order valence-electron chi connectivity index (χ2n) is 7.02. The predicted octanol–water partition coefficient (Wildman–Crippen LogP) is 3.56. The van der Waals surface area contributed by atoms with Crippen LogP contribution in [0.2, 0.25) is 0 Å². The van der Waals surface area contributed by atoms with Crippen LogP contribution in [-0.2, 0) is 0 Å². The van der Waals surface area contributed by atoms with Gasteiger partial charge in [-0.25, -0.2) is 0 Å². The molecule has 0 aliphatic rings. The number of allylic oxidation sites excluding steroid dienone is 1. The molecule has 4 heteroatoms. The minimum absolute atomic E-state index is 0.128. The minimum atomic E-state index is -0.381. The number of nitrogens with one attached hydrogen (secondary N) is 1. The first-order valence-electron chi connectivity index (χ1n) is 8.02. The van der Waals surface area contributed by atoms with Gasteiger partial charge in [-0.2, -0.15) is 0 Å². The summed E-state index contributed by atoms with van der Waals surface area (Å²) in [5.74, 6) is 0.551. The molecule has 0 spiro atoms. The third-order valence-corrected chi connectivity index (χ3v) is 3.41. The lowest BCUT2D eigenvalue weighted by Gasteiger charge is -2.26. The van der Waals surface area contributed by atoms with Crippen LogP contribution in [0.5, 0.6) is 5.75 Å². The Morgan fingerprint density at radius 2 is 2.09 bits per heavy atom.